The van der Waals surface area contributed by atoms with E-state index in [0.29, 0.717) is 67.3 Å². The van der Waals surface area contributed by atoms with Crippen LogP contribution >= 0.6 is 34.3 Å². The van der Waals surface area contributed by atoms with Crippen LogP contribution in [0.25, 0.3) is 9.75 Å². The predicted molar refractivity (Wildman–Crippen MR) is 170 cm³/mol. The average molecular weight is 629 g/mol. The van der Waals surface area contributed by atoms with Gasteiger partial charge in [0.25, 0.3) is 0 Å². The van der Waals surface area contributed by atoms with E-state index in [1.165, 1.54) is 49.9 Å². The summed E-state index contributed by atoms with van der Waals surface area (Å²) in [7, 11) is 0. The monoisotopic (exact) mass is 628 g/mol. The van der Waals surface area contributed by atoms with Gasteiger partial charge in [0.1, 0.15) is 30.8 Å². The summed E-state index contributed by atoms with van der Waals surface area (Å²) in [4.78, 5) is 2.98. The van der Waals surface area contributed by atoms with Crippen molar-refractivity contribution in [3.05, 3.63) is 9.21 Å². The molecule has 0 radical (unpaired) electrons. The maximum Gasteiger partial charge on any atom is 0.191 e. The number of ether oxygens (including phenoxy) is 6. The molecule has 232 valence electrons. The lowest BCUT2D eigenvalue weighted by molar-refractivity contribution is -0.0715. The molecule has 2 aromatic rings. The molecule has 4 heterocycles. The van der Waals surface area contributed by atoms with E-state index < -0.39 is 5.41 Å². The Bertz CT molecular complexity index is 1060. The van der Waals surface area contributed by atoms with Gasteiger partial charge in [0, 0.05) is 18.1 Å². The molecule has 9 heteroatoms. The Balaban J connectivity index is 1.52. The molecule has 0 aromatic carbocycles. The van der Waals surface area contributed by atoms with Gasteiger partial charge in [0.2, 0.25) is 0 Å². The van der Waals surface area contributed by atoms with Gasteiger partial charge in [0.05, 0.1) is 28.4 Å². The van der Waals surface area contributed by atoms with E-state index in [9.17, 15) is 0 Å². The van der Waals surface area contributed by atoms with Crippen molar-refractivity contribution < 1.29 is 28.4 Å². The first kappa shape index (κ1) is 32.7. The number of fused-ring (bicyclic) bond motifs is 2. The van der Waals surface area contributed by atoms with E-state index in [1.54, 1.807) is 11.3 Å². The lowest BCUT2D eigenvalue weighted by Crippen LogP contribution is -2.43. The van der Waals surface area contributed by atoms with Gasteiger partial charge in [-0.25, -0.2) is 0 Å². The van der Waals surface area contributed by atoms with Gasteiger partial charge < -0.3 is 28.4 Å². The molecule has 0 amide bonds. The number of halogens is 1. The molecular weight excluding hydrogens is 580 g/mol. The zero-order valence-corrected chi connectivity index (χ0v) is 28.0. The van der Waals surface area contributed by atoms with Crippen molar-refractivity contribution in [2.45, 2.75) is 86.0 Å². The minimum absolute atomic E-state index is 0.404. The summed E-state index contributed by atoms with van der Waals surface area (Å²) in [5, 5.41) is 0. The maximum atomic E-state index is 6.66. The number of thiophene rings is 2. The van der Waals surface area contributed by atoms with Crippen LogP contribution in [-0.2, 0) is 9.47 Å². The van der Waals surface area contributed by atoms with Crippen LogP contribution in [-0.4, -0.2) is 52.9 Å². The van der Waals surface area contributed by atoms with Gasteiger partial charge in [-0.15, -0.1) is 22.7 Å². The van der Waals surface area contributed by atoms with E-state index in [-0.39, 0.29) is 0 Å². The summed E-state index contributed by atoms with van der Waals surface area (Å²) in [5.41, 5.74) is -0.404. The second-order valence-corrected chi connectivity index (χ2v) is 14.5. The highest BCUT2D eigenvalue weighted by molar-refractivity contribution is 7.25. The van der Waals surface area contributed by atoms with Crippen LogP contribution in [0, 0.1) is 24.2 Å². The van der Waals surface area contributed by atoms with E-state index in [4.69, 9.17) is 40.0 Å². The second-order valence-electron chi connectivity index (χ2n) is 11.6. The van der Waals surface area contributed by atoms with Crippen LogP contribution in [0.1, 0.15) is 83.9 Å². The first-order valence-corrected chi connectivity index (χ1v) is 17.6. The SMILES string of the molecule is CCCCC(CC)COCC1(COCC(CC)CCCC)COc2c(C)sc(-c3sc(Cl)c4c3OCCO4)c2OC1. The molecular formula is C32H49ClO6S2. The Hall–Kier alpha value is -1.19. The quantitative estimate of drug-likeness (QED) is 0.174. The maximum absolute atomic E-state index is 6.66. The van der Waals surface area contributed by atoms with Crippen molar-refractivity contribution in [1.82, 2.24) is 0 Å². The van der Waals surface area contributed by atoms with Crippen molar-refractivity contribution in [2.75, 3.05) is 52.9 Å². The predicted octanol–water partition coefficient (Wildman–Crippen LogP) is 9.43. The van der Waals surface area contributed by atoms with E-state index in [1.807, 2.05) is 0 Å². The Morgan fingerprint density at radius 1 is 0.732 bits per heavy atom. The third-order valence-corrected chi connectivity index (χ3v) is 10.8. The number of hydrogen-bond acceptors (Lipinski definition) is 8. The highest BCUT2D eigenvalue weighted by Crippen LogP contribution is 2.58. The molecule has 0 N–H and O–H groups in total. The Kier molecular flexibility index (Phi) is 12.8. The highest BCUT2D eigenvalue weighted by Gasteiger charge is 2.40. The molecule has 0 spiro atoms. The molecule has 2 aromatic heterocycles. The lowest BCUT2D eigenvalue weighted by atomic mass is 9.91. The smallest absolute Gasteiger partial charge is 0.191 e. The number of rotatable bonds is 17. The fourth-order valence-electron chi connectivity index (χ4n) is 5.40. The van der Waals surface area contributed by atoms with Crippen LogP contribution in [0.2, 0.25) is 4.34 Å². The standard InChI is InChI=1S/C32H49ClO6S2/c1-6-10-12-23(8-3)16-34-18-32(19-35-17-24(9-4)13-11-7-2)20-38-25-22(5)40-29(26(25)39-21-32)30-27-28(31(33)41-30)37-15-14-36-27/h23-24H,6-21H2,1-5H3. The highest BCUT2D eigenvalue weighted by atomic mass is 35.5. The Morgan fingerprint density at radius 2 is 1.24 bits per heavy atom. The normalized spacial score (nSPS) is 19.7. The van der Waals surface area contributed by atoms with Gasteiger partial charge in [-0.2, -0.15) is 0 Å². The molecule has 0 bridgehead atoms. The van der Waals surface area contributed by atoms with Gasteiger partial charge in [-0.3, -0.25) is 0 Å². The molecule has 2 atom stereocenters. The zero-order chi connectivity index (χ0) is 29.2. The van der Waals surface area contributed by atoms with Crippen LogP contribution < -0.4 is 18.9 Å². The van der Waals surface area contributed by atoms with Crippen LogP contribution in [0.5, 0.6) is 23.0 Å². The van der Waals surface area contributed by atoms with Crippen molar-refractivity contribution in [2.24, 2.45) is 17.3 Å². The Labute approximate surface area is 260 Å². The number of hydrogen-bond donors (Lipinski definition) is 0. The number of aryl methyl sites for hydroxylation is 1. The zero-order valence-electron chi connectivity index (χ0n) is 25.6. The molecule has 0 fully saturated rings. The topological polar surface area (TPSA) is 55.4 Å². The van der Waals surface area contributed by atoms with Gasteiger partial charge in [-0.05, 0) is 31.6 Å². The second kappa shape index (κ2) is 16.0. The van der Waals surface area contributed by atoms with E-state index in [2.05, 4.69) is 34.6 Å². The first-order chi connectivity index (χ1) is 19.9. The third kappa shape index (κ3) is 8.26. The van der Waals surface area contributed by atoms with E-state index in [0.717, 1.165) is 52.2 Å². The summed E-state index contributed by atoms with van der Waals surface area (Å²) >= 11 is 9.66. The first-order valence-electron chi connectivity index (χ1n) is 15.6. The summed E-state index contributed by atoms with van der Waals surface area (Å²) in [6.45, 7) is 15.6. The average Bonchev–Trinajstić information content (AvgIpc) is 3.41. The molecule has 0 saturated heterocycles. The van der Waals surface area contributed by atoms with Gasteiger partial charge in [-0.1, -0.05) is 77.8 Å². The third-order valence-electron chi connectivity index (χ3n) is 8.21. The van der Waals surface area contributed by atoms with Crippen molar-refractivity contribution >= 4 is 34.3 Å². The molecule has 6 nitrogen and oxygen atoms in total. The summed E-state index contributed by atoms with van der Waals surface area (Å²) in [6, 6.07) is 0. The van der Waals surface area contributed by atoms with Gasteiger partial charge in [0.15, 0.2) is 23.0 Å². The van der Waals surface area contributed by atoms with Crippen molar-refractivity contribution in [3.8, 4) is 32.8 Å². The molecule has 4 rings (SSSR count). The van der Waals surface area contributed by atoms with Crippen molar-refractivity contribution in [3.63, 3.8) is 0 Å². The minimum Gasteiger partial charge on any atom is -0.488 e. The number of unbranched alkanes of at least 4 members (excludes halogenated alkanes) is 2. The lowest BCUT2D eigenvalue weighted by Gasteiger charge is -2.32. The summed E-state index contributed by atoms with van der Waals surface area (Å²) < 4.78 is 38.5. The summed E-state index contributed by atoms with van der Waals surface area (Å²) in [6.07, 6.45) is 9.59. The minimum atomic E-state index is -0.404. The van der Waals surface area contributed by atoms with Crippen molar-refractivity contribution in [1.29, 1.82) is 0 Å². The largest absolute Gasteiger partial charge is 0.488 e. The Morgan fingerprint density at radius 3 is 1.80 bits per heavy atom. The van der Waals surface area contributed by atoms with Crippen LogP contribution in [0.3, 0.4) is 0 Å². The molecule has 0 saturated carbocycles. The fraction of sp³-hybridized carbons (Fsp3) is 0.750. The molecule has 2 aliphatic heterocycles. The molecule has 2 aliphatic rings. The van der Waals surface area contributed by atoms with Gasteiger partial charge >= 0.3 is 0 Å². The van der Waals surface area contributed by atoms with Crippen LogP contribution in [0.15, 0.2) is 0 Å². The molecule has 2 unspecified atom stereocenters. The molecule has 0 aliphatic carbocycles. The van der Waals surface area contributed by atoms with E-state index >= 15 is 0 Å². The van der Waals surface area contributed by atoms with Crippen LogP contribution in [0.4, 0.5) is 0 Å². The fourth-order valence-corrected chi connectivity index (χ4v) is 7.86. The molecule has 41 heavy (non-hydrogen) atoms. The summed E-state index contributed by atoms with van der Waals surface area (Å²) in [5.74, 6) is 4.04.